The second kappa shape index (κ2) is 7.06. The van der Waals surface area contributed by atoms with Crippen molar-refractivity contribution in [1.29, 1.82) is 0 Å². The molecule has 0 spiro atoms. The third kappa shape index (κ3) is 5.80. The van der Waals surface area contributed by atoms with Crippen molar-refractivity contribution in [2.75, 3.05) is 26.4 Å². The Bertz CT molecular complexity index is 126. The number of aliphatic hydroxyl groups is 1. The van der Waals surface area contributed by atoms with Gasteiger partial charge in [0.2, 0.25) is 0 Å². The molecule has 0 bridgehead atoms. The van der Waals surface area contributed by atoms with Crippen LogP contribution >= 0.6 is 0 Å². The van der Waals surface area contributed by atoms with Gasteiger partial charge in [-0.15, -0.1) is 6.58 Å². The maximum atomic E-state index is 9.95. The Balaban J connectivity index is 3.90. The molecule has 1 N–H and O–H groups in total. The zero-order valence-electron chi connectivity index (χ0n) is 8.58. The van der Waals surface area contributed by atoms with Crippen molar-refractivity contribution in [3.05, 3.63) is 12.7 Å². The molecule has 0 radical (unpaired) electrons. The summed E-state index contributed by atoms with van der Waals surface area (Å²) in [7, 11) is 0. The summed E-state index contributed by atoms with van der Waals surface area (Å²) >= 11 is 0. The van der Waals surface area contributed by atoms with Gasteiger partial charge < -0.3 is 14.6 Å². The lowest BCUT2D eigenvalue weighted by atomic mass is 10.0. The summed E-state index contributed by atoms with van der Waals surface area (Å²) in [5.41, 5.74) is -0.909. The fourth-order valence-corrected chi connectivity index (χ4v) is 1.01. The predicted molar refractivity (Wildman–Crippen MR) is 52.7 cm³/mol. The van der Waals surface area contributed by atoms with Crippen molar-refractivity contribution in [3.8, 4) is 0 Å². The third-order valence-corrected chi connectivity index (χ3v) is 1.67. The highest BCUT2D eigenvalue weighted by molar-refractivity contribution is 4.86. The van der Waals surface area contributed by atoms with Crippen LogP contribution in [0.1, 0.15) is 20.3 Å². The van der Waals surface area contributed by atoms with Crippen LogP contribution in [-0.4, -0.2) is 37.1 Å². The first-order valence-corrected chi connectivity index (χ1v) is 4.67. The summed E-state index contributed by atoms with van der Waals surface area (Å²) in [4.78, 5) is 0. The SMILES string of the molecule is C=CCC(O)(COCC)COCC. The van der Waals surface area contributed by atoms with Crippen molar-refractivity contribution in [2.24, 2.45) is 0 Å². The first-order valence-electron chi connectivity index (χ1n) is 4.67. The minimum atomic E-state index is -0.909. The van der Waals surface area contributed by atoms with Crippen LogP contribution in [0.5, 0.6) is 0 Å². The van der Waals surface area contributed by atoms with Gasteiger partial charge in [0.1, 0.15) is 5.60 Å². The minimum Gasteiger partial charge on any atom is -0.385 e. The first-order chi connectivity index (χ1) is 6.18. The molecular formula is C10H20O3. The van der Waals surface area contributed by atoms with Crippen LogP contribution in [-0.2, 0) is 9.47 Å². The summed E-state index contributed by atoms with van der Waals surface area (Å²) in [5, 5.41) is 9.95. The van der Waals surface area contributed by atoms with Gasteiger partial charge in [-0.25, -0.2) is 0 Å². The molecule has 0 aromatic heterocycles. The molecule has 0 fully saturated rings. The molecule has 0 heterocycles. The van der Waals surface area contributed by atoms with Crippen molar-refractivity contribution in [1.82, 2.24) is 0 Å². The summed E-state index contributed by atoms with van der Waals surface area (Å²) in [6.07, 6.45) is 2.17. The smallest absolute Gasteiger partial charge is 0.115 e. The molecule has 3 nitrogen and oxygen atoms in total. The van der Waals surface area contributed by atoms with Crippen LogP contribution < -0.4 is 0 Å². The molecule has 0 rings (SSSR count). The molecule has 0 aliphatic rings. The molecule has 0 saturated heterocycles. The van der Waals surface area contributed by atoms with Gasteiger partial charge in [-0.05, 0) is 20.3 Å². The van der Waals surface area contributed by atoms with Gasteiger partial charge in [-0.3, -0.25) is 0 Å². The predicted octanol–water partition coefficient (Wildman–Crippen LogP) is 1.37. The van der Waals surface area contributed by atoms with E-state index in [9.17, 15) is 5.11 Å². The van der Waals surface area contributed by atoms with E-state index in [-0.39, 0.29) is 0 Å². The van der Waals surface area contributed by atoms with E-state index in [4.69, 9.17) is 9.47 Å². The Kier molecular flexibility index (Phi) is 6.86. The summed E-state index contributed by atoms with van der Waals surface area (Å²) in [6.45, 7) is 9.19. The van der Waals surface area contributed by atoms with E-state index in [1.807, 2.05) is 13.8 Å². The monoisotopic (exact) mass is 188 g/mol. The Hall–Kier alpha value is -0.380. The molecule has 0 aromatic rings. The van der Waals surface area contributed by atoms with Gasteiger partial charge in [0.05, 0.1) is 13.2 Å². The van der Waals surface area contributed by atoms with Crippen molar-refractivity contribution >= 4 is 0 Å². The van der Waals surface area contributed by atoms with E-state index in [2.05, 4.69) is 6.58 Å². The topological polar surface area (TPSA) is 38.7 Å². The third-order valence-electron chi connectivity index (χ3n) is 1.67. The molecule has 0 aromatic carbocycles. The number of ether oxygens (including phenoxy) is 2. The van der Waals surface area contributed by atoms with Gasteiger partial charge in [-0.1, -0.05) is 6.08 Å². The average molecular weight is 188 g/mol. The molecular weight excluding hydrogens is 168 g/mol. The number of hydrogen-bond donors (Lipinski definition) is 1. The van der Waals surface area contributed by atoms with Crippen LogP contribution in [0.3, 0.4) is 0 Å². The van der Waals surface area contributed by atoms with Crippen molar-refractivity contribution in [3.63, 3.8) is 0 Å². The first kappa shape index (κ1) is 12.6. The average Bonchev–Trinajstić information content (AvgIpc) is 2.12. The van der Waals surface area contributed by atoms with Gasteiger partial charge in [0.25, 0.3) is 0 Å². The van der Waals surface area contributed by atoms with Crippen LogP contribution in [0.25, 0.3) is 0 Å². The zero-order chi connectivity index (χ0) is 10.2. The molecule has 0 saturated carbocycles. The second-order valence-electron chi connectivity index (χ2n) is 2.99. The molecule has 0 aliphatic carbocycles. The van der Waals surface area contributed by atoms with Crippen molar-refractivity contribution < 1.29 is 14.6 Å². The Morgan fingerprint density at radius 3 is 2.00 bits per heavy atom. The van der Waals surface area contributed by atoms with Crippen LogP contribution in [0.15, 0.2) is 12.7 Å². The van der Waals surface area contributed by atoms with Gasteiger partial charge in [0.15, 0.2) is 0 Å². The van der Waals surface area contributed by atoms with Gasteiger partial charge in [0, 0.05) is 13.2 Å². The van der Waals surface area contributed by atoms with Gasteiger partial charge >= 0.3 is 0 Å². The van der Waals surface area contributed by atoms with Crippen molar-refractivity contribution in [2.45, 2.75) is 25.9 Å². The molecule has 0 amide bonds. The lowest BCUT2D eigenvalue weighted by Crippen LogP contribution is -2.39. The maximum Gasteiger partial charge on any atom is 0.115 e. The summed E-state index contributed by atoms with van der Waals surface area (Å²) in [6, 6.07) is 0. The molecule has 13 heavy (non-hydrogen) atoms. The zero-order valence-corrected chi connectivity index (χ0v) is 8.58. The highest BCUT2D eigenvalue weighted by Gasteiger charge is 2.25. The molecule has 3 heteroatoms. The van der Waals surface area contributed by atoms with Crippen LogP contribution in [0.4, 0.5) is 0 Å². The van der Waals surface area contributed by atoms with E-state index in [1.54, 1.807) is 6.08 Å². The highest BCUT2D eigenvalue weighted by Crippen LogP contribution is 2.12. The largest absolute Gasteiger partial charge is 0.385 e. The second-order valence-corrected chi connectivity index (χ2v) is 2.99. The van der Waals surface area contributed by atoms with E-state index in [0.717, 1.165) is 0 Å². The maximum absolute atomic E-state index is 9.95. The Morgan fingerprint density at radius 2 is 1.69 bits per heavy atom. The van der Waals surface area contributed by atoms with Gasteiger partial charge in [-0.2, -0.15) is 0 Å². The summed E-state index contributed by atoms with van der Waals surface area (Å²) in [5.74, 6) is 0. The van der Waals surface area contributed by atoms with E-state index >= 15 is 0 Å². The highest BCUT2D eigenvalue weighted by atomic mass is 16.5. The van der Waals surface area contributed by atoms with E-state index in [0.29, 0.717) is 32.8 Å². The summed E-state index contributed by atoms with van der Waals surface area (Å²) < 4.78 is 10.3. The molecule has 0 atom stereocenters. The van der Waals surface area contributed by atoms with E-state index < -0.39 is 5.60 Å². The minimum absolute atomic E-state index is 0.301. The number of hydrogen-bond acceptors (Lipinski definition) is 3. The molecule has 0 aliphatic heterocycles. The molecule has 0 unspecified atom stereocenters. The Labute approximate surface area is 80.4 Å². The lowest BCUT2D eigenvalue weighted by Gasteiger charge is -2.25. The van der Waals surface area contributed by atoms with E-state index in [1.165, 1.54) is 0 Å². The fourth-order valence-electron chi connectivity index (χ4n) is 1.01. The fraction of sp³-hybridized carbons (Fsp3) is 0.800. The normalized spacial score (nSPS) is 11.6. The Morgan fingerprint density at radius 1 is 1.23 bits per heavy atom. The standard InChI is InChI=1S/C10H20O3/c1-4-7-10(11,8-12-5-2)9-13-6-3/h4,11H,1,5-9H2,2-3H3. The molecule has 78 valence electrons. The number of rotatable bonds is 8. The lowest BCUT2D eigenvalue weighted by molar-refractivity contribution is -0.0901. The van der Waals surface area contributed by atoms with Crippen LogP contribution in [0.2, 0.25) is 0 Å². The quantitative estimate of drug-likeness (QED) is 0.585. The van der Waals surface area contributed by atoms with Crippen LogP contribution in [0, 0.1) is 0 Å².